The second-order valence-corrected chi connectivity index (χ2v) is 6.29. The zero-order valence-corrected chi connectivity index (χ0v) is 14.5. The van der Waals surface area contributed by atoms with Crippen LogP contribution in [0.4, 0.5) is 0 Å². The van der Waals surface area contributed by atoms with Gasteiger partial charge in [-0.2, -0.15) is 0 Å². The van der Waals surface area contributed by atoms with Crippen molar-refractivity contribution in [3.63, 3.8) is 0 Å². The van der Waals surface area contributed by atoms with E-state index in [4.69, 9.17) is 40.2 Å². The number of rotatable bonds is 4. The van der Waals surface area contributed by atoms with Crippen LogP contribution in [0.3, 0.4) is 0 Å². The van der Waals surface area contributed by atoms with Crippen LogP contribution in [-0.2, 0) is 9.59 Å². The topological polar surface area (TPSA) is 79.5 Å². The molecule has 1 unspecified atom stereocenters. The van der Waals surface area contributed by atoms with Gasteiger partial charge in [0.2, 0.25) is 5.91 Å². The van der Waals surface area contributed by atoms with Crippen molar-refractivity contribution >= 4 is 52.3 Å². The van der Waals surface area contributed by atoms with Gasteiger partial charge in [0.15, 0.2) is 11.2 Å². The molecule has 124 valence electrons. The second-order valence-electron chi connectivity index (χ2n) is 5.04. The summed E-state index contributed by atoms with van der Waals surface area (Å²) in [6.45, 7) is 1.55. The first-order chi connectivity index (χ1) is 10.9. The van der Waals surface area contributed by atoms with Crippen molar-refractivity contribution in [1.29, 1.82) is 0 Å². The summed E-state index contributed by atoms with van der Waals surface area (Å²) in [7, 11) is 0. The highest BCUT2D eigenvalue weighted by Gasteiger charge is 2.29. The predicted molar refractivity (Wildman–Crippen MR) is 91.3 cm³/mol. The number of nitrogens with one attached hydrogen (secondary N) is 3. The van der Waals surface area contributed by atoms with E-state index in [0.717, 1.165) is 12.8 Å². The summed E-state index contributed by atoms with van der Waals surface area (Å²) in [5.74, 6) is -0.247. The van der Waals surface area contributed by atoms with E-state index in [0.29, 0.717) is 15.8 Å². The molecule has 0 heterocycles. The predicted octanol–water partition coefficient (Wildman–Crippen LogP) is 2.19. The average Bonchev–Trinajstić information content (AvgIpc) is 3.32. The molecular weight excluding hydrogens is 361 g/mol. The maximum absolute atomic E-state index is 12.0. The first-order valence-electron chi connectivity index (χ1n) is 6.89. The van der Waals surface area contributed by atoms with E-state index < -0.39 is 12.0 Å². The van der Waals surface area contributed by atoms with Gasteiger partial charge in [-0.15, -0.1) is 0 Å². The second kappa shape index (κ2) is 7.81. The fourth-order valence-corrected chi connectivity index (χ4v) is 2.23. The number of halogens is 2. The number of carbonyl (C=O) groups is 2. The van der Waals surface area contributed by atoms with Gasteiger partial charge in [-0.25, -0.2) is 0 Å². The Morgan fingerprint density at radius 3 is 2.61 bits per heavy atom. The first kappa shape index (κ1) is 17.8. The van der Waals surface area contributed by atoms with Crippen molar-refractivity contribution in [2.45, 2.75) is 25.9 Å². The van der Waals surface area contributed by atoms with E-state index in [1.165, 1.54) is 6.07 Å². The Kier molecular flexibility index (Phi) is 6.04. The molecule has 1 aliphatic rings. The third-order valence-corrected chi connectivity index (χ3v) is 3.79. The van der Waals surface area contributed by atoms with Crippen LogP contribution in [-0.4, -0.2) is 23.0 Å². The van der Waals surface area contributed by atoms with Gasteiger partial charge in [-0.3, -0.25) is 25.8 Å². The first-order valence-corrected chi connectivity index (χ1v) is 8.05. The van der Waals surface area contributed by atoms with Crippen LogP contribution in [0.15, 0.2) is 18.2 Å². The number of amides is 2. The lowest BCUT2D eigenvalue weighted by Gasteiger charge is -2.16. The lowest BCUT2D eigenvalue weighted by Crippen LogP contribution is -2.51. The lowest BCUT2D eigenvalue weighted by molar-refractivity contribution is -0.126. The Balaban J connectivity index is 1.79. The molecule has 0 radical (unpaired) electrons. The molecule has 0 bridgehead atoms. The van der Waals surface area contributed by atoms with Gasteiger partial charge in [0.25, 0.3) is 5.91 Å². The Morgan fingerprint density at radius 1 is 1.30 bits per heavy atom. The SMILES string of the molecule is CC(Oc1ccc(Cl)cc1Cl)C(=O)NC(=S)NNC(=O)C1CC1. The molecule has 0 aliphatic heterocycles. The Morgan fingerprint density at radius 2 is 2.00 bits per heavy atom. The molecule has 1 saturated carbocycles. The molecule has 1 atom stereocenters. The summed E-state index contributed by atoms with van der Waals surface area (Å²) in [5, 5.41) is 3.17. The van der Waals surface area contributed by atoms with Crippen molar-refractivity contribution in [2.75, 3.05) is 0 Å². The fourth-order valence-electron chi connectivity index (χ4n) is 1.63. The Labute approximate surface area is 148 Å². The number of hydrogen-bond acceptors (Lipinski definition) is 4. The summed E-state index contributed by atoms with van der Waals surface area (Å²) < 4.78 is 5.46. The molecule has 1 aromatic carbocycles. The minimum Gasteiger partial charge on any atom is -0.479 e. The summed E-state index contributed by atoms with van der Waals surface area (Å²) in [5.41, 5.74) is 4.91. The van der Waals surface area contributed by atoms with Gasteiger partial charge in [0.1, 0.15) is 5.75 Å². The molecular formula is C14H15Cl2N3O3S. The quantitative estimate of drug-likeness (QED) is 0.555. The molecule has 1 fully saturated rings. The van der Waals surface area contributed by atoms with Crippen LogP contribution in [0.2, 0.25) is 10.0 Å². The number of hydrogen-bond donors (Lipinski definition) is 3. The van der Waals surface area contributed by atoms with Gasteiger partial charge in [-0.05, 0) is 50.2 Å². The van der Waals surface area contributed by atoms with E-state index in [1.807, 2.05) is 0 Å². The molecule has 6 nitrogen and oxygen atoms in total. The van der Waals surface area contributed by atoms with E-state index in [9.17, 15) is 9.59 Å². The molecule has 0 aromatic heterocycles. The monoisotopic (exact) mass is 375 g/mol. The zero-order valence-electron chi connectivity index (χ0n) is 12.2. The standard InChI is InChI=1S/C14H15Cl2N3O3S/c1-7(22-11-5-4-9(15)6-10(11)16)12(20)17-14(23)19-18-13(21)8-2-3-8/h4-8H,2-3H2,1H3,(H,18,21)(H2,17,19,20,23). The highest BCUT2D eigenvalue weighted by molar-refractivity contribution is 7.80. The van der Waals surface area contributed by atoms with Crippen molar-refractivity contribution in [3.8, 4) is 5.75 Å². The number of hydrazine groups is 1. The molecule has 9 heteroatoms. The molecule has 2 rings (SSSR count). The van der Waals surface area contributed by atoms with Crippen molar-refractivity contribution < 1.29 is 14.3 Å². The molecule has 0 spiro atoms. The summed E-state index contributed by atoms with van der Waals surface area (Å²) in [4.78, 5) is 23.4. The normalized spacial score (nSPS) is 14.6. The van der Waals surface area contributed by atoms with Gasteiger partial charge in [0.05, 0.1) is 5.02 Å². The van der Waals surface area contributed by atoms with Crippen molar-refractivity contribution in [1.82, 2.24) is 16.2 Å². The Hall–Kier alpha value is -1.57. The molecule has 2 amide bonds. The van der Waals surface area contributed by atoms with Crippen molar-refractivity contribution in [2.24, 2.45) is 5.92 Å². The van der Waals surface area contributed by atoms with Crippen LogP contribution >= 0.6 is 35.4 Å². The number of thiocarbonyl (C=S) groups is 1. The molecule has 0 saturated heterocycles. The maximum atomic E-state index is 12.0. The summed E-state index contributed by atoms with van der Waals surface area (Å²) in [6, 6.07) is 4.69. The van der Waals surface area contributed by atoms with Crippen LogP contribution in [0.1, 0.15) is 19.8 Å². The number of ether oxygens (including phenoxy) is 1. The maximum Gasteiger partial charge on any atom is 0.266 e. The highest BCUT2D eigenvalue weighted by Crippen LogP contribution is 2.29. The zero-order chi connectivity index (χ0) is 17.0. The molecule has 1 aromatic rings. The smallest absolute Gasteiger partial charge is 0.266 e. The molecule has 3 N–H and O–H groups in total. The van der Waals surface area contributed by atoms with Gasteiger partial charge in [0, 0.05) is 10.9 Å². The third-order valence-electron chi connectivity index (χ3n) is 3.05. The van der Waals surface area contributed by atoms with Crippen molar-refractivity contribution in [3.05, 3.63) is 28.2 Å². The van der Waals surface area contributed by atoms with E-state index >= 15 is 0 Å². The molecule has 23 heavy (non-hydrogen) atoms. The lowest BCUT2D eigenvalue weighted by atomic mass is 10.3. The number of carbonyl (C=O) groups excluding carboxylic acids is 2. The fraction of sp³-hybridized carbons (Fsp3) is 0.357. The van der Waals surface area contributed by atoms with Crippen LogP contribution in [0, 0.1) is 5.92 Å². The van der Waals surface area contributed by atoms with Crippen LogP contribution in [0.5, 0.6) is 5.75 Å². The van der Waals surface area contributed by atoms with Crippen LogP contribution < -0.4 is 20.9 Å². The summed E-state index contributed by atoms with van der Waals surface area (Å²) >= 11 is 16.7. The highest BCUT2D eigenvalue weighted by atomic mass is 35.5. The Bertz CT molecular complexity index is 638. The largest absolute Gasteiger partial charge is 0.479 e. The number of benzene rings is 1. The van der Waals surface area contributed by atoms with Gasteiger partial charge in [-0.1, -0.05) is 23.2 Å². The van der Waals surface area contributed by atoms with E-state index in [1.54, 1.807) is 19.1 Å². The molecule has 1 aliphatic carbocycles. The minimum absolute atomic E-state index is 0.0124. The van der Waals surface area contributed by atoms with Gasteiger partial charge < -0.3 is 4.74 Å². The van der Waals surface area contributed by atoms with Gasteiger partial charge >= 0.3 is 0 Å². The average molecular weight is 376 g/mol. The van der Waals surface area contributed by atoms with Crippen LogP contribution in [0.25, 0.3) is 0 Å². The third kappa shape index (κ3) is 5.53. The van der Waals surface area contributed by atoms with E-state index in [2.05, 4.69) is 16.2 Å². The summed E-state index contributed by atoms with van der Waals surface area (Å²) in [6.07, 6.45) is 0.909. The minimum atomic E-state index is -0.840. The van der Waals surface area contributed by atoms with E-state index in [-0.39, 0.29) is 16.9 Å².